The minimum absolute atomic E-state index is 0.154. The Labute approximate surface area is 254 Å². The molecule has 4 fully saturated rings. The van der Waals surface area contributed by atoms with Gasteiger partial charge in [-0.2, -0.15) is 0 Å². The van der Waals surface area contributed by atoms with Crippen molar-refractivity contribution in [1.82, 2.24) is 0 Å². The molecule has 0 aromatic carbocycles. The van der Waals surface area contributed by atoms with Crippen LogP contribution in [-0.2, 0) is 23.6 Å². The maximum absolute atomic E-state index is 12.4. The van der Waals surface area contributed by atoms with E-state index >= 15 is 0 Å². The van der Waals surface area contributed by atoms with Crippen molar-refractivity contribution in [2.75, 3.05) is 13.0 Å². The maximum atomic E-state index is 12.4. The Kier molecular flexibility index (Phi) is 11.1. The van der Waals surface area contributed by atoms with Crippen LogP contribution in [0.15, 0.2) is 0 Å². The summed E-state index contributed by atoms with van der Waals surface area (Å²) in [5.41, 5.74) is -0.0106. The molecule has 0 bridgehead atoms. The van der Waals surface area contributed by atoms with Gasteiger partial charge >= 0.3 is 19.5 Å². The van der Waals surface area contributed by atoms with E-state index in [1.54, 1.807) is 0 Å². The first-order chi connectivity index (χ1) is 20.1. The van der Waals surface area contributed by atoms with Crippen LogP contribution in [0.4, 0.5) is 0 Å². The molecule has 0 aromatic rings. The lowest BCUT2D eigenvalue weighted by Gasteiger charge is -2.62. The second kappa shape index (κ2) is 13.7. The Morgan fingerprint density at radius 1 is 0.907 bits per heavy atom. The zero-order valence-corrected chi connectivity index (χ0v) is 26.7. The van der Waals surface area contributed by atoms with Gasteiger partial charge in [-0.25, -0.2) is 0 Å². The minimum atomic E-state index is -4.49. The quantitative estimate of drug-likeness (QED) is 0.105. The molecule has 0 amide bonds. The zero-order chi connectivity index (χ0) is 31.7. The predicted molar refractivity (Wildman–Crippen MR) is 156 cm³/mol. The number of fused-ring (bicyclic) bond motifs is 5. The third-order valence-electron chi connectivity index (χ3n) is 12.4. The van der Waals surface area contributed by atoms with Crippen molar-refractivity contribution in [3.8, 4) is 0 Å². The molecule has 0 radical (unpaired) electrons. The van der Waals surface area contributed by atoms with Crippen molar-refractivity contribution in [1.29, 1.82) is 0 Å². The van der Waals surface area contributed by atoms with Crippen LogP contribution in [0.1, 0.15) is 97.8 Å². The van der Waals surface area contributed by atoms with E-state index < -0.39 is 50.8 Å². The fourth-order valence-electron chi connectivity index (χ4n) is 9.96. The van der Waals surface area contributed by atoms with E-state index in [4.69, 9.17) is 19.3 Å². The predicted octanol–water partition coefficient (Wildman–Crippen LogP) is 3.32. The fraction of sp³-hybridized carbons (Fsp3) is 0.935. The molecule has 11 nitrogen and oxygen atoms in total. The zero-order valence-electron chi connectivity index (χ0n) is 25.8. The summed E-state index contributed by atoms with van der Waals surface area (Å²) in [5.74, 6) is 0.0937. The number of carbonyl (C=O) groups is 2. The fourth-order valence-corrected chi connectivity index (χ4v) is 10.9. The van der Waals surface area contributed by atoms with Crippen LogP contribution in [0, 0.1) is 52.3 Å². The van der Waals surface area contributed by atoms with E-state index in [0.29, 0.717) is 36.0 Å². The Morgan fingerprint density at radius 3 is 2.19 bits per heavy atom. The summed E-state index contributed by atoms with van der Waals surface area (Å²) in [4.78, 5) is 42.5. The number of rotatable bonds is 12. The van der Waals surface area contributed by atoms with Crippen molar-refractivity contribution in [2.24, 2.45) is 52.3 Å². The molecule has 11 atom stereocenters. The summed E-state index contributed by atoms with van der Waals surface area (Å²) in [6.45, 7) is 6.24. The first-order valence-electron chi connectivity index (χ1n) is 16.1. The monoisotopic (exact) mass is 632 g/mol. The summed E-state index contributed by atoms with van der Waals surface area (Å²) < 4.78 is 21.1. The van der Waals surface area contributed by atoms with Gasteiger partial charge in [0.25, 0.3) is 0 Å². The van der Waals surface area contributed by atoms with Gasteiger partial charge in [0, 0.05) is 18.8 Å². The molecule has 4 aliphatic carbocycles. The topological polar surface area (TPSA) is 191 Å². The molecule has 0 aliphatic heterocycles. The van der Waals surface area contributed by atoms with E-state index in [1.807, 2.05) is 0 Å². The number of carbonyl (C=O) groups excluding carboxylic acids is 2. The van der Waals surface area contributed by atoms with Gasteiger partial charge in [0.1, 0.15) is 0 Å². The van der Waals surface area contributed by atoms with E-state index in [2.05, 4.69) is 20.8 Å². The number of aliphatic hydroxyl groups is 4. The third kappa shape index (κ3) is 7.67. The van der Waals surface area contributed by atoms with Crippen LogP contribution in [0.3, 0.4) is 0 Å². The molecule has 0 aromatic heterocycles. The smallest absolute Gasteiger partial charge is 0.326 e. The van der Waals surface area contributed by atoms with Crippen molar-refractivity contribution >= 4 is 19.5 Å². The van der Waals surface area contributed by atoms with Crippen LogP contribution in [0.2, 0.25) is 0 Å². The summed E-state index contributed by atoms with van der Waals surface area (Å²) >= 11 is 0. The average Bonchev–Trinajstić information content (AvgIpc) is 3.28. The van der Waals surface area contributed by atoms with Crippen molar-refractivity contribution < 1.29 is 53.8 Å². The number of hydrogen-bond acceptors (Lipinski definition) is 9. The molecule has 248 valence electrons. The van der Waals surface area contributed by atoms with Crippen LogP contribution < -0.4 is 0 Å². The van der Waals surface area contributed by atoms with Crippen LogP contribution in [0.5, 0.6) is 0 Å². The maximum Gasteiger partial charge on any atom is 0.326 e. The molecule has 4 saturated carbocycles. The van der Waals surface area contributed by atoms with Gasteiger partial charge in [0.05, 0.1) is 18.4 Å². The highest BCUT2D eigenvalue weighted by Crippen LogP contribution is 2.68. The van der Waals surface area contributed by atoms with E-state index in [-0.39, 0.29) is 42.1 Å². The summed E-state index contributed by atoms with van der Waals surface area (Å²) in [6.07, 6.45) is 4.94. The van der Waals surface area contributed by atoms with Crippen molar-refractivity contribution in [2.45, 2.75) is 116 Å². The summed E-state index contributed by atoms with van der Waals surface area (Å²) in [5, 5.41) is 40.6. The first-order valence-corrected chi connectivity index (χ1v) is 17.9. The lowest BCUT2D eigenvalue weighted by molar-refractivity contribution is -0.175. The van der Waals surface area contributed by atoms with Gasteiger partial charge in [0.2, 0.25) is 6.79 Å². The molecule has 0 heterocycles. The molecular formula is C31H53O11P. The average molecular weight is 633 g/mol. The Balaban J connectivity index is 1.23. The number of hydrogen-bond donors (Lipinski definition) is 6. The van der Waals surface area contributed by atoms with E-state index in [9.17, 15) is 34.6 Å². The third-order valence-corrected chi connectivity index (χ3v) is 13.3. The largest absolute Gasteiger partial charge is 0.428 e. The van der Waals surface area contributed by atoms with E-state index in [1.165, 1.54) is 6.42 Å². The minimum Gasteiger partial charge on any atom is -0.428 e. The van der Waals surface area contributed by atoms with Gasteiger partial charge in [-0.3, -0.25) is 14.2 Å². The normalized spacial score (nSPS) is 38.9. The molecule has 4 rings (SSSR count). The Hall–Kier alpha value is -1.07. The molecule has 12 heteroatoms. The van der Waals surface area contributed by atoms with Crippen LogP contribution in [0.25, 0.3) is 0 Å². The first kappa shape index (κ1) is 34.8. The van der Waals surface area contributed by atoms with Gasteiger partial charge < -0.3 is 39.7 Å². The standard InChI is InChI=1S/C31H53O11P/c1-18(4-10-27(34)41-17-42-28(35)11-5-19(29(36)37)16-43(38,39)40)23-8-9-24-22-7-6-20-14-21(32)12-13-30(20,2)25(22)15-26(33)31(23,24)3/h18-26,29,32-33,36-37H,4-17H2,1-3H3,(H2,38,39,40)/t18-,19-,20-,21-,22?,23?,24?,25?,26+,30+,31-/m1/s1. The lowest BCUT2D eigenvalue weighted by Crippen LogP contribution is -2.58. The number of ether oxygens (including phenoxy) is 2. The van der Waals surface area contributed by atoms with Gasteiger partial charge in [0.15, 0.2) is 6.29 Å². The highest BCUT2D eigenvalue weighted by atomic mass is 31.2. The molecule has 0 saturated heterocycles. The van der Waals surface area contributed by atoms with Gasteiger partial charge in [-0.15, -0.1) is 0 Å². The highest BCUT2D eigenvalue weighted by molar-refractivity contribution is 7.51. The molecule has 4 unspecified atom stereocenters. The number of esters is 2. The van der Waals surface area contributed by atoms with Crippen molar-refractivity contribution in [3.63, 3.8) is 0 Å². The highest BCUT2D eigenvalue weighted by Gasteiger charge is 2.63. The van der Waals surface area contributed by atoms with Crippen LogP contribution in [-0.4, -0.2) is 73.6 Å². The van der Waals surface area contributed by atoms with Gasteiger partial charge in [-0.05, 0) is 111 Å². The Bertz CT molecular complexity index is 1030. The van der Waals surface area contributed by atoms with Crippen molar-refractivity contribution in [3.05, 3.63) is 0 Å². The lowest BCUT2D eigenvalue weighted by atomic mass is 9.43. The molecular weight excluding hydrogens is 579 g/mol. The second-order valence-electron chi connectivity index (χ2n) is 14.6. The summed E-state index contributed by atoms with van der Waals surface area (Å²) in [6, 6.07) is 0. The Morgan fingerprint density at radius 2 is 1.56 bits per heavy atom. The summed E-state index contributed by atoms with van der Waals surface area (Å²) in [7, 11) is -4.49. The second-order valence-corrected chi connectivity index (χ2v) is 16.3. The molecule has 6 N–H and O–H groups in total. The van der Waals surface area contributed by atoms with E-state index in [0.717, 1.165) is 44.9 Å². The van der Waals surface area contributed by atoms with Gasteiger partial charge in [-0.1, -0.05) is 20.8 Å². The molecule has 0 spiro atoms. The molecule has 4 aliphatic rings. The number of aliphatic hydroxyl groups excluding tert-OH is 3. The SMILES string of the molecule is C[C@H](CCC(=O)OCOC(=O)CC[C@H](CP(=O)(O)O)C(O)O)C1CCC2C3CC[C@@H]4C[C@H](O)CC[C@]4(C)C3C[C@H](O)[C@@]21C. The van der Waals surface area contributed by atoms with Crippen LogP contribution >= 0.6 is 7.60 Å². The molecule has 43 heavy (non-hydrogen) atoms.